The first-order valence-electron chi connectivity index (χ1n) is 8.28. The molecule has 1 unspecified atom stereocenters. The number of alkyl halides is 1. The van der Waals surface area contributed by atoms with Crippen molar-refractivity contribution in [1.82, 2.24) is 25.0 Å². The molecular weight excluding hydrogens is 321 g/mol. The van der Waals surface area contributed by atoms with E-state index in [0.717, 1.165) is 24.1 Å². The molecule has 0 spiro atoms. The third-order valence-electron chi connectivity index (χ3n) is 4.40. The zero-order chi connectivity index (χ0) is 17.1. The van der Waals surface area contributed by atoms with Crippen molar-refractivity contribution in [2.24, 2.45) is 0 Å². The van der Waals surface area contributed by atoms with E-state index in [4.69, 9.17) is 4.52 Å². The molecule has 3 aromatic heterocycles. The molecule has 1 saturated heterocycles. The number of nitrogens with zero attached hydrogens (tertiary/aromatic N) is 5. The molecule has 0 aliphatic carbocycles. The standard InChI is InChI=1S/C18H18FN5O/c19-18(17-22-16(23-25-17)15-4-8-20-9-5-15)6-2-10-24(13-18)12-14-3-1-7-21-11-14/h1,3-5,7-9,11H,2,6,10,12-13H2. The second kappa shape index (κ2) is 6.68. The van der Waals surface area contributed by atoms with Gasteiger partial charge in [0.1, 0.15) is 0 Å². The number of piperidine rings is 1. The van der Waals surface area contributed by atoms with Gasteiger partial charge in [-0.2, -0.15) is 4.98 Å². The topological polar surface area (TPSA) is 67.9 Å². The molecule has 128 valence electrons. The van der Waals surface area contributed by atoms with Crippen molar-refractivity contribution in [2.45, 2.75) is 25.1 Å². The van der Waals surface area contributed by atoms with Gasteiger partial charge in [0.2, 0.25) is 11.5 Å². The second-order valence-electron chi connectivity index (χ2n) is 6.30. The average Bonchev–Trinajstić information content (AvgIpc) is 3.15. The number of hydrogen-bond donors (Lipinski definition) is 0. The van der Waals surface area contributed by atoms with E-state index in [0.29, 0.717) is 18.8 Å². The lowest BCUT2D eigenvalue weighted by Gasteiger charge is -2.35. The Morgan fingerprint density at radius 2 is 2.04 bits per heavy atom. The molecule has 0 N–H and O–H groups in total. The van der Waals surface area contributed by atoms with Crippen molar-refractivity contribution >= 4 is 0 Å². The molecule has 6 nitrogen and oxygen atoms in total. The van der Waals surface area contributed by atoms with E-state index in [9.17, 15) is 0 Å². The molecule has 4 heterocycles. The Balaban J connectivity index is 1.52. The summed E-state index contributed by atoms with van der Waals surface area (Å²) in [6, 6.07) is 7.43. The molecule has 0 radical (unpaired) electrons. The molecule has 7 heteroatoms. The van der Waals surface area contributed by atoms with Crippen LogP contribution in [0.2, 0.25) is 0 Å². The van der Waals surface area contributed by atoms with Gasteiger partial charge in [-0.25, -0.2) is 4.39 Å². The Kier molecular flexibility index (Phi) is 4.23. The predicted molar refractivity (Wildman–Crippen MR) is 89.1 cm³/mol. The molecule has 0 aromatic carbocycles. The number of aromatic nitrogens is 4. The normalized spacial score (nSPS) is 21.3. The summed E-state index contributed by atoms with van der Waals surface area (Å²) in [6.07, 6.45) is 7.96. The van der Waals surface area contributed by atoms with Gasteiger partial charge in [-0.1, -0.05) is 11.2 Å². The quantitative estimate of drug-likeness (QED) is 0.728. The molecule has 1 aliphatic heterocycles. The van der Waals surface area contributed by atoms with Crippen LogP contribution in [0.5, 0.6) is 0 Å². The van der Waals surface area contributed by atoms with Gasteiger partial charge in [0.05, 0.1) is 0 Å². The van der Waals surface area contributed by atoms with Crippen LogP contribution in [0.1, 0.15) is 24.3 Å². The Hall–Kier alpha value is -2.67. The lowest BCUT2D eigenvalue weighted by atomic mass is 9.94. The summed E-state index contributed by atoms with van der Waals surface area (Å²) < 4.78 is 20.8. The molecule has 4 rings (SSSR count). The number of halogens is 1. The Morgan fingerprint density at radius 1 is 1.16 bits per heavy atom. The minimum atomic E-state index is -1.63. The van der Waals surface area contributed by atoms with Gasteiger partial charge in [0.25, 0.3) is 5.89 Å². The van der Waals surface area contributed by atoms with E-state index in [-0.39, 0.29) is 12.4 Å². The molecule has 3 aromatic rings. The zero-order valence-electron chi connectivity index (χ0n) is 13.7. The molecule has 1 atom stereocenters. The number of likely N-dealkylation sites (tertiary alicyclic amines) is 1. The van der Waals surface area contributed by atoms with Gasteiger partial charge < -0.3 is 4.52 Å². The van der Waals surface area contributed by atoms with E-state index < -0.39 is 5.67 Å². The maximum atomic E-state index is 15.5. The first-order valence-corrected chi connectivity index (χ1v) is 8.28. The van der Waals surface area contributed by atoms with Gasteiger partial charge in [-0.05, 0) is 43.1 Å². The number of rotatable bonds is 4. The number of hydrogen-bond acceptors (Lipinski definition) is 6. The van der Waals surface area contributed by atoms with Gasteiger partial charge >= 0.3 is 0 Å². The SMILES string of the molecule is FC1(c2nc(-c3ccncc3)no2)CCCN(Cc2cccnc2)C1. The van der Waals surface area contributed by atoms with Crippen LogP contribution in [-0.2, 0) is 12.2 Å². The second-order valence-corrected chi connectivity index (χ2v) is 6.30. The summed E-state index contributed by atoms with van der Waals surface area (Å²) in [5.74, 6) is 0.439. The van der Waals surface area contributed by atoms with Gasteiger partial charge in [-0.3, -0.25) is 14.9 Å². The first kappa shape index (κ1) is 15.8. The van der Waals surface area contributed by atoms with Crippen molar-refractivity contribution in [1.29, 1.82) is 0 Å². The Bertz CT molecular complexity index is 826. The smallest absolute Gasteiger partial charge is 0.265 e. The minimum Gasteiger partial charge on any atom is -0.335 e. The lowest BCUT2D eigenvalue weighted by molar-refractivity contribution is 0.0124. The van der Waals surface area contributed by atoms with Crippen molar-refractivity contribution in [3.63, 3.8) is 0 Å². The monoisotopic (exact) mass is 339 g/mol. The highest BCUT2D eigenvalue weighted by molar-refractivity contribution is 5.52. The van der Waals surface area contributed by atoms with Crippen LogP contribution in [-0.4, -0.2) is 38.1 Å². The van der Waals surface area contributed by atoms with Crippen LogP contribution >= 0.6 is 0 Å². The molecule has 0 amide bonds. The highest BCUT2D eigenvalue weighted by atomic mass is 19.1. The van der Waals surface area contributed by atoms with E-state index in [1.807, 2.05) is 18.3 Å². The van der Waals surface area contributed by atoms with Crippen LogP contribution in [0.3, 0.4) is 0 Å². The predicted octanol–water partition coefficient (Wildman–Crippen LogP) is 2.99. The third kappa shape index (κ3) is 3.41. The third-order valence-corrected chi connectivity index (χ3v) is 4.40. The molecule has 0 bridgehead atoms. The van der Waals surface area contributed by atoms with Crippen molar-refractivity contribution < 1.29 is 8.91 Å². The van der Waals surface area contributed by atoms with Crippen molar-refractivity contribution in [3.8, 4) is 11.4 Å². The highest BCUT2D eigenvalue weighted by Crippen LogP contribution is 2.35. The van der Waals surface area contributed by atoms with Crippen LogP contribution in [0.4, 0.5) is 4.39 Å². The molecule has 25 heavy (non-hydrogen) atoms. The van der Waals surface area contributed by atoms with Crippen LogP contribution in [0, 0.1) is 0 Å². The largest absolute Gasteiger partial charge is 0.335 e. The average molecular weight is 339 g/mol. The summed E-state index contributed by atoms with van der Waals surface area (Å²) in [6.45, 7) is 1.73. The Labute approximate surface area is 144 Å². The van der Waals surface area contributed by atoms with E-state index in [2.05, 4.69) is 25.0 Å². The van der Waals surface area contributed by atoms with Crippen LogP contribution in [0.15, 0.2) is 53.6 Å². The van der Waals surface area contributed by atoms with E-state index in [1.165, 1.54) is 0 Å². The van der Waals surface area contributed by atoms with Crippen LogP contribution < -0.4 is 0 Å². The minimum absolute atomic E-state index is 0.0511. The Morgan fingerprint density at radius 3 is 2.84 bits per heavy atom. The molecule has 0 saturated carbocycles. The number of pyridine rings is 2. The van der Waals surface area contributed by atoms with Gasteiger partial charge in [-0.15, -0.1) is 0 Å². The van der Waals surface area contributed by atoms with Crippen molar-refractivity contribution in [3.05, 3.63) is 60.5 Å². The molecular formula is C18H18FN5O. The molecule has 1 fully saturated rings. The summed E-state index contributed by atoms with van der Waals surface area (Å²) in [5.41, 5.74) is 0.199. The fourth-order valence-corrected chi connectivity index (χ4v) is 3.18. The lowest BCUT2D eigenvalue weighted by Crippen LogP contribution is -2.43. The van der Waals surface area contributed by atoms with Gasteiger partial charge in [0, 0.05) is 43.4 Å². The fourth-order valence-electron chi connectivity index (χ4n) is 3.18. The summed E-state index contributed by atoms with van der Waals surface area (Å²) >= 11 is 0. The maximum absolute atomic E-state index is 15.5. The maximum Gasteiger partial charge on any atom is 0.265 e. The van der Waals surface area contributed by atoms with Crippen LogP contribution in [0.25, 0.3) is 11.4 Å². The summed E-state index contributed by atoms with van der Waals surface area (Å²) in [4.78, 5) is 14.4. The summed E-state index contributed by atoms with van der Waals surface area (Å²) in [5, 5.41) is 3.93. The van der Waals surface area contributed by atoms with E-state index >= 15 is 4.39 Å². The summed E-state index contributed by atoms with van der Waals surface area (Å²) in [7, 11) is 0. The van der Waals surface area contributed by atoms with Gasteiger partial charge in [0.15, 0.2) is 0 Å². The van der Waals surface area contributed by atoms with Crippen molar-refractivity contribution in [2.75, 3.05) is 13.1 Å². The zero-order valence-corrected chi connectivity index (χ0v) is 13.7. The van der Waals surface area contributed by atoms with E-state index in [1.54, 1.807) is 30.7 Å². The fraction of sp³-hybridized carbons (Fsp3) is 0.333. The highest BCUT2D eigenvalue weighted by Gasteiger charge is 2.42. The first-order chi connectivity index (χ1) is 12.2. The molecule has 1 aliphatic rings.